The van der Waals surface area contributed by atoms with Crippen molar-refractivity contribution < 1.29 is 19.1 Å². The van der Waals surface area contributed by atoms with Gasteiger partial charge in [0.1, 0.15) is 17.4 Å². The number of nitrogens with zero attached hydrogens (tertiary/aromatic N) is 2. The van der Waals surface area contributed by atoms with Crippen molar-refractivity contribution in [1.29, 1.82) is 0 Å². The van der Waals surface area contributed by atoms with Crippen LogP contribution in [-0.4, -0.2) is 35.6 Å². The summed E-state index contributed by atoms with van der Waals surface area (Å²) >= 11 is 0. The number of carbonyl (C=O) groups excluding carboxylic acids is 2. The fraction of sp³-hybridized carbons (Fsp3) is 0.286. The summed E-state index contributed by atoms with van der Waals surface area (Å²) in [6.45, 7) is 3.69. The summed E-state index contributed by atoms with van der Waals surface area (Å²) in [6, 6.07) is 16.5. The molecule has 0 spiro atoms. The summed E-state index contributed by atoms with van der Waals surface area (Å²) < 4.78 is 10.8. The number of Topliss-reactive ketones (excluding diaryl/α,β-unsaturated/α-hetero) is 1. The van der Waals surface area contributed by atoms with Crippen molar-refractivity contribution in [3.05, 3.63) is 60.2 Å². The SMILES string of the molecule is COc1ccc(O[C@H](C)C(=O)[C@@H]2C(=O)N(Cc3ccccc3)N=C2C)cc1. The highest BCUT2D eigenvalue weighted by atomic mass is 16.5. The van der Waals surface area contributed by atoms with E-state index in [1.807, 2.05) is 30.3 Å². The maximum atomic E-state index is 12.8. The highest BCUT2D eigenvalue weighted by molar-refractivity contribution is 6.23. The van der Waals surface area contributed by atoms with Crippen LogP contribution in [0.5, 0.6) is 11.5 Å². The maximum absolute atomic E-state index is 12.8. The average Bonchev–Trinajstić information content (AvgIpc) is 2.95. The lowest BCUT2D eigenvalue weighted by Crippen LogP contribution is -2.39. The number of amides is 1. The molecule has 27 heavy (non-hydrogen) atoms. The van der Waals surface area contributed by atoms with Gasteiger partial charge in [-0.3, -0.25) is 9.59 Å². The first-order valence-electron chi connectivity index (χ1n) is 8.74. The quantitative estimate of drug-likeness (QED) is 0.706. The van der Waals surface area contributed by atoms with E-state index >= 15 is 0 Å². The van der Waals surface area contributed by atoms with Gasteiger partial charge in [-0.1, -0.05) is 30.3 Å². The zero-order chi connectivity index (χ0) is 19.4. The number of methoxy groups -OCH3 is 1. The van der Waals surface area contributed by atoms with Crippen LogP contribution in [0.25, 0.3) is 0 Å². The van der Waals surface area contributed by atoms with Gasteiger partial charge < -0.3 is 9.47 Å². The number of rotatable bonds is 7. The van der Waals surface area contributed by atoms with Gasteiger partial charge >= 0.3 is 0 Å². The van der Waals surface area contributed by atoms with Gasteiger partial charge in [0.2, 0.25) is 0 Å². The molecule has 0 saturated carbocycles. The van der Waals surface area contributed by atoms with E-state index < -0.39 is 12.0 Å². The van der Waals surface area contributed by atoms with Crippen LogP contribution in [0.1, 0.15) is 19.4 Å². The zero-order valence-electron chi connectivity index (χ0n) is 15.6. The minimum atomic E-state index is -0.901. The molecule has 2 aromatic rings. The monoisotopic (exact) mass is 366 g/mol. The Kier molecular flexibility index (Phi) is 5.54. The second-order valence-electron chi connectivity index (χ2n) is 6.39. The molecule has 0 radical (unpaired) electrons. The number of ketones is 1. The van der Waals surface area contributed by atoms with E-state index in [9.17, 15) is 9.59 Å². The molecule has 2 aromatic carbocycles. The molecular weight excluding hydrogens is 344 g/mol. The van der Waals surface area contributed by atoms with Crippen LogP contribution in [0.2, 0.25) is 0 Å². The van der Waals surface area contributed by atoms with Crippen LogP contribution in [-0.2, 0) is 16.1 Å². The fourth-order valence-corrected chi connectivity index (χ4v) is 2.97. The smallest absolute Gasteiger partial charge is 0.259 e. The van der Waals surface area contributed by atoms with Gasteiger partial charge in [0.25, 0.3) is 5.91 Å². The second kappa shape index (κ2) is 8.03. The summed E-state index contributed by atoms with van der Waals surface area (Å²) in [5.74, 6) is -0.272. The van der Waals surface area contributed by atoms with Crippen LogP contribution in [0.4, 0.5) is 0 Å². The van der Waals surface area contributed by atoms with Gasteiger partial charge in [-0.15, -0.1) is 0 Å². The first-order chi connectivity index (χ1) is 13.0. The number of hydrogen-bond acceptors (Lipinski definition) is 5. The molecule has 0 aliphatic carbocycles. The minimum absolute atomic E-state index is 0.298. The van der Waals surface area contributed by atoms with Gasteiger partial charge in [0.05, 0.1) is 19.4 Å². The number of carbonyl (C=O) groups is 2. The van der Waals surface area contributed by atoms with E-state index in [1.165, 1.54) is 5.01 Å². The predicted octanol–water partition coefficient (Wildman–Crippen LogP) is 3.07. The van der Waals surface area contributed by atoms with E-state index in [2.05, 4.69) is 5.10 Å². The minimum Gasteiger partial charge on any atom is -0.497 e. The molecule has 6 nitrogen and oxygen atoms in total. The van der Waals surface area contributed by atoms with Gasteiger partial charge in [0.15, 0.2) is 11.9 Å². The first-order valence-corrected chi connectivity index (χ1v) is 8.74. The molecule has 1 amide bonds. The standard InChI is InChI=1S/C21H22N2O4/c1-14-19(21(25)23(22-14)13-16-7-5-4-6-8-16)20(24)15(2)27-18-11-9-17(26-3)10-12-18/h4-12,15,19H,13H2,1-3H3/t15-,19-/m1/s1. The Bertz CT molecular complexity index is 846. The van der Waals surface area contributed by atoms with Crippen molar-refractivity contribution in [1.82, 2.24) is 5.01 Å². The Balaban J connectivity index is 1.66. The van der Waals surface area contributed by atoms with Crippen LogP contribution in [0, 0.1) is 5.92 Å². The lowest BCUT2D eigenvalue weighted by molar-refractivity contribution is -0.139. The Hall–Kier alpha value is -3.15. The van der Waals surface area contributed by atoms with E-state index in [0.717, 1.165) is 5.56 Å². The Morgan fingerprint density at radius 3 is 2.37 bits per heavy atom. The van der Waals surface area contributed by atoms with Crippen LogP contribution in [0.3, 0.4) is 0 Å². The summed E-state index contributed by atoms with van der Waals surface area (Å²) in [6.07, 6.45) is -0.769. The number of hydrogen-bond donors (Lipinski definition) is 0. The molecule has 0 aromatic heterocycles. The molecule has 1 aliphatic heterocycles. The second-order valence-corrected chi connectivity index (χ2v) is 6.39. The van der Waals surface area contributed by atoms with Crippen molar-refractivity contribution in [3.63, 3.8) is 0 Å². The summed E-state index contributed by atoms with van der Waals surface area (Å²) in [4.78, 5) is 25.5. The lowest BCUT2D eigenvalue weighted by Gasteiger charge is -2.18. The average molecular weight is 366 g/mol. The van der Waals surface area contributed by atoms with E-state index in [-0.39, 0.29) is 11.7 Å². The van der Waals surface area contributed by atoms with E-state index in [0.29, 0.717) is 23.8 Å². The molecule has 3 rings (SSSR count). The molecule has 1 heterocycles. The Labute approximate surface area is 158 Å². The molecule has 0 bridgehead atoms. The van der Waals surface area contributed by atoms with Crippen molar-refractivity contribution in [2.75, 3.05) is 7.11 Å². The maximum Gasteiger partial charge on any atom is 0.259 e. The van der Waals surface area contributed by atoms with Crippen molar-refractivity contribution in [2.24, 2.45) is 11.0 Å². The third-order valence-electron chi connectivity index (χ3n) is 4.43. The summed E-state index contributed by atoms with van der Waals surface area (Å²) in [7, 11) is 1.58. The van der Waals surface area contributed by atoms with Crippen LogP contribution in [0.15, 0.2) is 59.7 Å². The van der Waals surface area contributed by atoms with Gasteiger partial charge in [-0.05, 0) is 43.7 Å². The molecule has 2 atom stereocenters. The largest absolute Gasteiger partial charge is 0.497 e. The van der Waals surface area contributed by atoms with Crippen LogP contribution < -0.4 is 9.47 Å². The van der Waals surface area contributed by atoms with Gasteiger partial charge in [-0.25, -0.2) is 5.01 Å². The molecule has 0 saturated heterocycles. The van der Waals surface area contributed by atoms with Crippen molar-refractivity contribution in [2.45, 2.75) is 26.5 Å². The van der Waals surface area contributed by atoms with Crippen molar-refractivity contribution >= 4 is 17.4 Å². The molecule has 1 aliphatic rings. The number of benzene rings is 2. The number of ether oxygens (including phenoxy) is 2. The van der Waals surface area contributed by atoms with Crippen LogP contribution >= 0.6 is 0 Å². The molecule has 0 N–H and O–H groups in total. The molecule has 0 unspecified atom stereocenters. The zero-order valence-corrected chi connectivity index (χ0v) is 15.6. The van der Waals surface area contributed by atoms with Gasteiger partial charge in [0, 0.05) is 0 Å². The molecular formula is C21H22N2O4. The third-order valence-corrected chi connectivity index (χ3v) is 4.43. The van der Waals surface area contributed by atoms with E-state index in [4.69, 9.17) is 9.47 Å². The summed E-state index contributed by atoms with van der Waals surface area (Å²) in [5, 5.41) is 5.64. The highest BCUT2D eigenvalue weighted by Gasteiger charge is 2.41. The topological polar surface area (TPSA) is 68.2 Å². The fourth-order valence-electron chi connectivity index (χ4n) is 2.97. The Morgan fingerprint density at radius 2 is 1.74 bits per heavy atom. The lowest BCUT2D eigenvalue weighted by atomic mass is 9.95. The third kappa shape index (κ3) is 4.16. The van der Waals surface area contributed by atoms with E-state index in [1.54, 1.807) is 45.2 Å². The summed E-state index contributed by atoms with van der Waals surface area (Å²) in [5.41, 5.74) is 1.45. The first kappa shape index (κ1) is 18.6. The normalized spacial score (nSPS) is 17.4. The molecule has 6 heteroatoms. The number of hydrazone groups is 1. The highest BCUT2D eigenvalue weighted by Crippen LogP contribution is 2.23. The Morgan fingerprint density at radius 1 is 1.11 bits per heavy atom. The van der Waals surface area contributed by atoms with Gasteiger partial charge in [-0.2, -0.15) is 5.10 Å². The van der Waals surface area contributed by atoms with Crippen molar-refractivity contribution in [3.8, 4) is 11.5 Å². The molecule has 140 valence electrons. The predicted molar refractivity (Wildman–Crippen MR) is 102 cm³/mol. The molecule has 0 fully saturated rings.